The molecule has 1 aromatic carbocycles. The normalized spacial score (nSPS) is 11.8. The van der Waals surface area contributed by atoms with Gasteiger partial charge in [-0.25, -0.2) is 0 Å². The molecule has 1 N–H and O–H groups in total. The van der Waals surface area contributed by atoms with Crippen molar-refractivity contribution >= 4 is 17.0 Å². The first kappa shape index (κ1) is 19.9. The molecule has 3 aromatic rings. The van der Waals surface area contributed by atoms with Gasteiger partial charge in [0.1, 0.15) is 0 Å². The van der Waals surface area contributed by atoms with Crippen LogP contribution in [0.1, 0.15) is 32.7 Å². The summed E-state index contributed by atoms with van der Waals surface area (Å²) in [6.45, 7) is 4.17. The summed E-state index contributed by atoms with van der Waals surface area (Å²) in [6, 6.07) is 12.6. The number of pyridine rings is 2. The zero-order valence-corrected chi connectivity index (χ0v) is 16.5. The van der Waals surface area contributed by atoms with Crippen LogP contribution in [0.5, 0.6) is 0 Å². The molecule has 1 unspecified atom stereocenters. The minimum atomic E-state index is -2.25. The van der Waals surface area contributed by atoms with Gasteiger partial charge in [0.05, 0.1) is 5.69 Å². The molecular formula is C21H20N3O3S-. The second-order valence-corrected chi connectivity index (χ2v) is 7.47. The smallest absolute Gasteiger partial charge is 0.251 e. The first-order valence-corrected chi connectivity index (χ1v) is 9.98. The van der Waals surface area contributed by atoms with Crippen LogP contribution in [0.2, 0.25) is 0 Å². The molecule has 2 aromatic heterocycles. The Morgan fingerprint density at radius 2 is 1.86 bits per heavy atom. The summed E-state index contributed by atoms with van der Waals surface area (Å²) in [7, 11) is 0. The number of nitrogens with zero attached hydrogens (tertiary/aromatic N) is 2. The lowest BCUT2D eigenvalue weighted by Gasteiger charge is -2.12. The van der Waals surface area contributed by atoms with Crippen molar-refractivity contribution < 1.29 is 13.6 Å². The van der Waals surface area contributed by atoms with Gasteiger partial charge in [-0.15, -0.1) is 0 Å². The highest BCUT2D eigenvalue weighted by molar-refractivity contribution is 7.78. The van der Waals surface area contributed by atoms with Crippen molar-refractivity contribution in [1.29, 1.82) is 0 Å². The molecule has 0 fully saturated rings. The number of carbonyl (C=O) groups excluding carboxylic acids is 1. The van der Waals surface area contributed by atoms with Crippen LogP contribution in [0.4, 0.5) is 0 Å². The molecule has 1 atom stereocenters. The van der Waals surface area contributed by atoms with E-state index in [1.165, 1.54) is 0 Å². The third-order valence-electron chi connectivity index (χ3n) is 4.17. The molecule has 0 aliphatic heterocycles. The van der Waals surface area contributed by atoms with Gasteiger partial charge in [0.2, 0.25) is 0 Å². The van der Waals surface area contributed by atoms with E-state index in [9.17, 15) is 13.6 Å². The second-order valence-electron chi connectivity index (χ2n) is 6.58. The molecule has 0 aliphatic carbocycles. The van der Waals surface area contributed by atoms with E-state index >= 15 is 0 Å². The van der Waals surface area contributed by atoms with Crippen LogP contribution in [-0.2, 0) is 23.4 Å². The predicted octanol–water partition coefficient (Wildman–Crippen LogP) is 3.07. The van der Waals surface area contributed by atoms with E-state index in [-0.39, 0.29) is 11.7 Å². The Balaban J connectivity index is 1.86. The largest absolute Gasteiger partial charge is 0.772 e. The van der Waals surface area contributed by atoms with Crippen LogP contribution in [0, 0.1) is 13.8 Å². The van der Waals surface area contributed by atoms with Gasteiger partial charge in [-0.05, 0) is 60.9 Å². The fourth-order valence-corrected chi connectivity index (χ4v) is 3.16. The maximum atomic E-state index is 12.7. The summed E-state index contributed by atoms with van der Waals surface area (Å²) in [4.78, 5) is 21.2. The second kappa shape index (κ2) is 8.86. The number of aryl methyl sites for hydroxylation is 2. The van der Waals surface area contributed by atoms with E-state index in [4.69, 9.17) is 0 Å². The van der Waals surface area contributed by atoms with Gasteiger partial charge in [-0.2, -0.15) is 0 Å². The number of amides is 1. The highest BCUT2D eigenvalue weighted by Crippen LogP contribution is 2.22. The van der Waals surface area contributed by atoms with Gasteiger partial charge < -0.3 is 9.87 Å². The van der Waals surface area contributed by atoms with E-state index in [1.807, 2.05) is 38.1 Å². The zero-order chi connectivity index (χ0) is 20.1. The first-order valence-electron chi connectivity index (χ1n) is 8.73. The maximum Gasteiger partial charge on any atom is 0.251 e. The average Bonchev–Trinajstić information content (AvgIpc) is 2.67. The molecule has 28 heavy (non-hydrogen) atoms. The molecule has 0 spiro atoms. The number of carbonyl (C=O) groups is 1. The molecule has 6 nitrogen and oxygen atoms in total. The minimum Gasteiger partial charge on any atom is -0.772 e. The molecule has 144 valence electrons. The lowest BCUT2D eigenvalue weighted by molar-refractivity contribution is 0.0951. The van der Waals surface area contributed by atoms with Crippen molar-refractivity contribution in [3.05, 3.63) is 82.8 Å². The lowest BCUT2D eigenvalue weighted by atomic mass is 10.0. The molecule has 0 bridgehead atoms. The topological polar surface area (TPSA) is 95.0 Å². The Morgan fingerprint density at radius 1 is 1.04 bits per heavy atom. The van der Waals surface area contributed by atoms with Gasteiger partial charge in [0.15, 0.2) is 0 Å². The Morgan fingerprint density at radius 3 is 2.50 bits per heavy atom. The monoisotopic (exact) mass is 394 g/mol. The highest BCUT2D eigenvalue weighted by atomic mass is 32.2. The molecular weight excluding hydrogens is 374 g/mol. The number of benzene rings is 1. The van der Waals surface area contributed by atoms with Gasteiger partial charge in [0, 0.05) is 41.5 Å². The number of aromatic nitrogens is 2. The number of rotatable bonds is 6. The quantitative estimate of drug-likeness (QED) is 0.648. The van der Waals surface area contributed by atoms with Crippen molar-refractivity contribution in [1.82, 2.24) is 15.3 Å². The predicted molar refractivity (Wildman–Crippen MR) is 107 cm³/mol. The van der Waals surface area contributed by atoms with E-state index in [2.05, 4.69) is 15.3 Å². The zero-order valence-electron chi connectivity index (χ0n) is 15.6. The summed E-state index contributed by atoms with van der Waals surface area (Å²) in [6.07, 6.45) is 3.45. The number of hydrogen-bond acceptors (Lipinski definition) is 5. The van der Waals surface area contributed by atoms with Gasteiger partial charge in [-0.3, -0.25) is 19.0 Å². The van der Waals surface area contributed by atoms with Crippen LogP contribution in [0.15, 0.2) is 54.9 Å². The first-order chi connectivity index (χ1) is 13.4. The van der Waals surface area contributed by atoms with Gasteiger partial charge in [-0.1, -0.05) is 23.2 Å². The van der Waals surface area contributed by atoms with E-state index in [1.54, 1.807) is 30.6 Å². The summed E-state index contributed by atoms with van der Waals surface area (Å²) in [5, 5.41) is 2.85. The fraction of sp³-hybridized carbons (Fsp3) is 0.190. The molecule has 2 heterocycles. The molecule has 0 saturated heterocycles. The number of hydrogen-bond donors (Lipinski definition) is 1. The van der Waals surface area contributed by atoms with E-state index < -0.39 is 11.1 Å². The number of nitrogens with one attached hydrogen (secondary N) is 1. The van der Waals surface area contributed by atoms with Gasteiger partial charge >= 0.3 is 0 Å². The van der Waals surface area contributed by atoms with E-state index in [0.29, 0.717) is 28.9 Å². The average molecular weight is 394 g/mol. The third-order valence-corrected chi connectivity index (χ3v) is 4.74. The Bertz CT molecular complexity index is 1000. The van der Waals surface area contributed by atoms with Crippen LogP contribution < -0.4 is 5.32 Å². The van der Waals surface area contributed by atoms with Crippen LogP contribution >= 0.6 is 0 Å². The summed E-state index contributed by atoms with van der Waals surface area (Å²) in [5.74, 6) is -0.450. The van der Waals surface area contributed by atoms with Crippen molar-refractivity contribution in [2.24, 2.45) is 0 Å². The highest BCUT2D eigenvalue weighted by Gasteiger charge is 2.11. The molecule has 3 rings (SSSR count). The van der Waals surface area contributed by atoms with Crippen LogP contribution in [0.3, 0.4) is 0 Å². The molecule has 0 radical (unpaired) electrons. The van der Waals surface area contributed by atoms with Crippen molar-refractivity contribution in [3.8, 4) is 11.3 Å². The maximum absolute atomic E-state index is 12.7. The minimum absolute atomic E-state index is 0.165. The Hall–Kier alpha value is -2.90. The molecule has 0 aliphatic rings. The summed E-state index contributed by atoms with van der Waals surface area (Å²) >= 11 is -2.25. The molecule has 1 amide bonds. The van der Waals surface area contributed by atoms with Crippen molar-refractivity contribution in [2.45, 2.75) is 26.1 Å². The summed E-state index contributed by atoms with van der Waals surface area (Å²) < 4.78 is 22.3. The lowest BCUT2D eigenvalue weighted by Crippen LogP contribution is -2.23. The van der Waals surface area contributed by atoms with Crippen LogP contribution in [0.25, 0.3) is 11.3 Å². The Kier molecular flexibility index (Phi) is 6.28. The SMILES string of the molecule is Cc1ccc(-c2cc(CS(=O)[O-])cc(C(=O)NCc3ccc(C)nc3)c2)nc1. The van der Waals surface area contributed by atoms with E-state index in [0.717, 1.165) is 16.8 Å². The Labute approximate surface area is 166 Å². The van der Waals surface area contributed by atoms with Crippen molar-refractivity contribution in [3.63, 3.8) is 0 Å². The van der Waals surface area contributed by atoms with Crippen molar-refractivity contribution in [2.75, 3.05) is 0 Å². The van der Waals surface area contributed by atoms with Gasteiger partial charge in [0.25, 0.3) is 5.91 Å². The van der Waals surface area contributed by atoms with Crippen LogP contribution in [-0.4, -0.2) is 24.6 Å². The third kappa shape index (κ3) is 5.31. The fourth-order valence-electron chi connectivity index (χ4n) is 2.72. The molecule has 7 heteroatoms. The molecule has 0 saturated carbocycles. The standard InChI is InChI=1S/C21H21N3O3S/c1-14-3-6-20(23-10-14)18-7-17(13-28(26)27)8-19(9-18)21(25)24-12-16-5-4-15(2)22-11-16/h3-11H,12-13H2,1-2H3,(H,24,25)(H,26,27)/p-1. The summed E-state index contributed by atoms with van der Waals surface area (Å²) in [5.41, 5.74) is 5.12.